The standard InChI is InChI=1S/C25H20F4/c1-15-7-12-19(23(27)22(15)26)17-8-10-18(11-9-17)21-14-13-20(24(28)25(21)29)16-5-3-2-4-6-16/h5,7-14H,2-4,6H2,1H3. The van der Waals surface area contributed by atoms with Gasteiger partial charge in [-0.15, -0.1) is 0 Å². The molecular formula is C25H20F4. The molecule has 1 aliphatic rings. The number of halogens is 4. The predicted molar refractivity (Wildman–Crippen MR) is 108 cm³/mol. The molecule has 0 N–H and O–H groups in total. The second kappa shape index (κ2) is 7.86. The molecule has 0 saturated heterocycles. The van der Waals surface area contributed by atoms with E-state index in [1.165, 1.54) is 19.1 Å². The summed E-state index contributed by atoms with van der Waals surface area (Å²) in [5.74, 6) is -3.53. The Kier molecular flexibility index (Phi) is 5.27. The number of aryl methyl sites for hydroxylation is 1. The van der Waals surface area contributed by atoms with Crippen LogP contribution < -0.4 is 0 Å². The molecule has 3 aromatic rings. The van der Waals surface area contributed by atoms with Crippen molar-refractivity contribution in [3.63, 3.8) is 0 Å². The maximum Gasteiger partial charge on any atom is 0.167 e. The second-order valence-electron chi connectivity index (χ2n) is 7.40. The third-order valence-electron chi connectivity index (χ3n) is 5.50. The van der Waals surface area contributed by atoms with Crippen molar-refractivity contribution in [1.29, 1.82) is 0 Å². The van der Waals surface area contributed by atoms with Gasteiger partial charge < -0.3 is 0 Å². The molecule has 0 heterocycles. The van der Waals surface area contributed by atoms with E-state index in [0.717, 1.165) is 31.3 Å². The fraction of sp³-hybridized carbons (Fsp3) is 0.200. The molecule has 4 heteroatoms. The average molecular weight is 396 g/mol. The Morgan fingerprint density at radius 1 is 0.586 bits per heavy atom. The van der Waals surface area contributed by atoms with Crippen LogP contribution in [0.1, 0.15) is 36.8 Å². The molecule has 3 aromatic carbocycles. The summed E-state index contributed by atoms with van der Waals surface area (Å²) in [5, 5.41) is 0. The normalized spacial score (nSPS) is 14.0. The van der Waals surface area contributed by atoms with Crippen molar-refractivity contribution >= 4 is 5.57 Å². The van der Waals surface area contributed by atoms with E-state index in [9.17, 15) is 17.6 Å². The molecule has 0 saturated carbocycles. The van der Waals surface area contributed by atoms with Crippen LogP contribution in [0.4, 0.5) is 17.6 Å². The van der Waals surface area contributed by atoms with Crippen LogP contribution in [-0.2, 0) is 0 Å². The number of hydrogen-bond donors (Lipinski definition) is 0. The first kappa shape index (κ1) is 19.4. The highest BCUT2D eigenvalue weighted by Crippen LogP contribution is 2.34. The van der Waals surface area contributed by atoms with Crippen LogP contribution in [0.3, 0.4) is 0 Å². The summed E-state index contributed by atoms with van der Waals surface area (Å²) in [7, 11) is 0. The highest BCUT2D eigenvalue weighted by molar-refractivity contribution is 5.74. The van der Waals surface area contributed by atoms with E-state index >= 15 is 0 Å². The third-order valence-corrected chi connectivity index (χ3v) is 5.50. The van der Waals surface area contributed by atoms with Crippen LogP contribution in [0, 0.1) is 30.2 Å². The van der Waals surface area contributed by atoms with Crippen LogP contribution in [-0.4, -0.2) is 0 Å². The highest BCUT2D eigenvalue weighted by Gasteiger charge is 2.19. The predicted octanol–water partition coefficient (Wildman–Crippen LogP) is 7.84. The van der Waals surface area contributed by atoms with Crippen molar-refractivity contribution in [3.05, 3.63) is 89.0 Å². The minimum atomic E-state index is -0.917. The molecule has 1 aliphatic carbocycles. The molecular weight excluding hydrogens is 376 g/mol. The molecule has 29 heavy (non-hydrogen) atoms. The van der Waals surface area contributed by atoms with E-state index in [2.05, 4.69) is 0 Å². The average Bonchev–Trinajstić information content (AvgIpc) is 2.75. The molecule has 0 aliphatic heterocycles. The van der Waals surface area contributed by atoms with E-state index < -0.39 is 23.3 Å². The topological polar surface area (TPSA) is 0 Å². The summed E-state index contributed by atoms with van der Waals surface area (Å²) in [5.41, 5.74) is 2.62. The van der Waals surface area contributed by atoms with Crippen LogP contribution in [0.5, 0.6) is 0 Å². The zero-order chi connectivity index (χ0) is 20.5. The quantitative estimate of drug-likeness (QED) is 0.396. The van der Waals surface area contributed by atoms with E-state index in [4.69, 9.17) is 0 Å². The van der Waals surface area contributed by atoms with Crippen molar-refractivity contribution in [2.45, 2.75) is 32.6 Å². The fourth-order valence-electron chi connectivity index (χ4n) is 3.80. The molecule has 4 rings (SSSR count). The van der Waals surface area contributed by atoms with Gasteiger partial charge in [-0.2, -0.15) is 0 Å². The first-order valence-electron chi connectivity index (χ1n) is 9.70. The Morgan fingerprint density at radius 2 is 1.10 bits per heavy atom. The Labute approximate surface area is 167 Å². The van der Waals surface area contributed by atoms with Gasteiger partial charge in [-0.3, -0.25) is 0 Å². The molecule has 0 fully saturated rings. The summed E-state index contributed by atoms with van der Waals surface area (Å²) in [6.07, 6.45) is 5.67. The van der Waals surface area contributed by atoms with Crippen LogP contribution in [0.2, 0.25) is 0 Å². The summed E-state index contributed by atoms with van der Waals surface area (Å²) < 4.78 is 57.5. The number of hydrogen-bond acceptors (Lipinski definition) is 0. The van der Waals surface area contributed by atoms with E-state index in [-0.39, 0.29) is 16.7 Å². The van der Waals surface area contributed by atoms with Gasteiger partial charge in [0.1, 0.15) is 0 Å². The van der Waals surface area contributed by atoms with Gasteiger partial charge in [0.05, 0.1) is 0 Å². The zero-order valence-corrected chi connectivity index (χ0v) is 16.0. The molecule has 0 unspecified atom stereocenters. The summed E-state index contributed by atoms with van der Waals surface area (Å²) in [4.78, 5) is 0. The molecule has 0 nitrogen and oxygen atoms in total. The Balaban J connectivity index is 1.69. The lowest BCUT2D eigenvalue weighted by molar-refractivity contribution is 0.505. The Morgan fingerprint density at radius 3 is 1.69 bits per heavy atom. The lowest BCUT2D eigenvalue weighted by Gasteiger charge is -2.15. The van der Waals surface area contributed by atoms with Gasteiger partial charge in [-0.1, -0.05) is 54.6 Å². The Hall–Kier alpha value is -2.88. The lowest BCUT2D eigenvalue weighted by Crippen LogP contribution is -1.99. The first-order chi connectivity index (χ1) is 14.0. The van der Waals surface area contributed by atoms with Crippen molar-refractivity contribution in [3.8, 4) is 22.3 Å². The summed E-state index contributed by atoms with van der Waals surface area (Å²) >= 11 is 0. The maximum atomic E-state index is 14.8. The van der Waals surface area contributed by atoms with Gasteiger partial charge in [-0.05, 0) is 54.9 Å². The van der Waals surface area contributed by atoms with Gasteiger partial charge in [0, 0.05) is 16.7 Å². The van der Waals surface area contributed by atoms with Gasteiger partial charge in [0.25, 0.3) is 0 Å². The third kappa shape index (κ3) is 3.59. The van der Waals surface area contributed by atoms with E-state index in [0.29, 0.717) is 16.7 Å². The van der Waals surface area contributed by atoms with Crippen molar-refractivity contribution in [2.24, 2.45) is 0 Å². The molecule has 0 aromatic heterocycles. The number of allylic oxidation sites excluding steroid dienone is 2. The van der Waals surface area contributed by atoms with Crippen LogP contribution in [0.15, 0.2) is 54.6 Å². The summed E-state index contributed by atoms with van der Waals surface area (Å²) in [6.45, 7) is 1.50. The number of benzene rings is 3. The summed E-state index contributed by atoms with van der Waals surface area (Å²) in [6, 6.07) is 12.5. The Bertz CT molecular complexity index is 1090. The first-order valence-corrected chi connectivity index (χ1v) is 9.70. The second-order valence-corrected chi connectivity index (χ2v) is 7.40. The van der Waals surface area contributed by atoms with Gasteiger partial charge in [0.2, 0.25) is 0 Å². The minimum absolute atomic E-state index is 0.130. The fourth-order valence-corrected chi connectivity index (χ4v) is 3.80. The van der Waals surface area contributed by atoms with Crippen molar-refractivity contribution < 1.29 is 17.6 Å². The number of rotatable bonds is 3. The van der Waals surface area contributed by atoms with Crippen molar-refractivity contribution in [2.75, 3.05) is 0 Å². The van der Waals surface area contributed by atoms with E-state index in [1.54, 1.807) is 36.4 Å². The van der Waals surface area contributed by atoms with Crippen LogP contribution >= 0.6 is 0 Å². The highest BCUT2D eigenvalue weighted by atomic mass is 19.2. The lowest BCUT2D eigenvalue weighted by atomic mass is 9.91. The van der Waals surface area contributed by atoms with Gasteiger partial charge in [0.15, 0.2) is 23.3 Å². The molecule has 0 bridgehead atoms. The molecule has 0 atom stereocenters. The zero-order valence-electron chi connectivity index (χ0n) is 16.0. The van der Waals surface area contributed by atoms with Gasteiger partial charge in [-0.25, -0.2) is 17.6 Å². The van der Waals surface area contributed by atoms with Crippen molar-refractivity contribution in [1.82, 2.24) is 0 Å². The van der Waals surface area contributed by atoms with Crippen LogP contribution in [0.25, 0.3) is 27.8 Å². The minimum Gasteiger partial charge on any atom is -0.203 e. The molecule has 0 radical (unpaired) electrons. The maximum absolute atomic E-state index is 14.8. The smallest absolute Gasteiger partial charge is 0.167 e. The van der Waals surface area contributed by atoms with E-state index in [1.807, 2.05) is 6.08 Å². The SMILES string of the molecule is Cc1ccc(-c2ccc(-c3ccc(C4=CCCCC4)c(F)c3F)cc2)c(F)c1F. The molecule has 0 amide bonds. The monoisotopic (exact) mass is 396 g/mol. The molecule has 0 spiro atoms. The largest absolute Gasteiger partial charge is 0.203 e. The van der Waals surface area contributed by atoms with Gasteiger partial charge >= 0.3 is 0 Å². The molecule has 148 valence electrons.